The van der Waals surface area contributed by atoms with Crippen molar-refractivity contribution in [2.75, 3.05) is 0 Å². The molecule has 3 atom stereocenters. The van der Waals surface area contributed by atoms with E-state index >= 15 is 0 Å². The lowest BCUT2D eigenvalue weighted by molar-refractivity contribution is -0.145. The maximum absolute atomic E-state index is 9.13. The first-order valence-corrected chi connectivity index (χ1v) is 7.62. The molecule has 0 saturated carbocycles. The molecule has 1 heterocycles. The van der Waals surface area contributed by atoms with Gasteiger partial charge in [0.2, 0.25) is 0 Å². The molecule has 1 aliphatic rings. The van der Waals surface area contributed by atoms with Crippen molar-refractivity contribution in [3.63, 3.8) is 0 Å². The van der Waals surface area contributed by atoms with E-state index in [0.717, 1.165) is 5.56 Å². The largest absolute Gasteiger partial charge is 0.343 e. The fraction of sp³-hybridized carbons (Fsp3) is 0.444. The van der Waals surface area contributed by atoms with Crippen molar-refractivity contribution in [3.05, 3.63) is 48.0 Å². The summed E-state index contributed by atoms with van der Waals surface area (Å²) in [6.45, 7) is 4.31. The third kappa shape index (κ3) is 4.91. The highest BCUT2D eigenvalue weighted by Gasteiger charge is 2.43. The molecule has 0 aliphatic carbocycles. The van der Waals surface area contributed by atoms with E-state index in [1.165, 1.54) is 6.08 Å². The SMILES string of the molecule is CC1(C)O[C@@H]([C@@H](CC#N)NCc2ccccc2)[C@H](/C=C/C#N)O1. The lowest BCUT2D eigenvalue weighted by Crippen LogP contribution is -2.44. The van der Waals surface area contributed by atoms with Gasteiger partial charge in [-0.15, -0.1) is 0 Å². The third-order valence-corrected chi connectivity index (χ3v) is 3.64. The maximum atomic E-state index is 9.13. The van der Waals surface area contributed by atoms with Crippen LogP contribution in [0.2, 0.25) is 0 Å². The molecule has 1 fully saturated rings. The fourth-order valence-corrected chi connectivity index (χ4v) is 2.66. The van der Waals surface area contributed by atoms with Crippen LogP contribution in [0.1, 0.15) is 25.8 Å². The Kier molecular flexibility index (Phi) is 5.90. The number of nitriles is 2. The summed E-state index contributed by atoms with van der Waals surface area (Å²) in [5, 5.41) is 21.2. The lowest BCUT2D eigenvalue weighted by atomic mass is 10.0. The molecule has 0 amide bonds. The van der Waals surface area contributed by atoms with Gasteiger partial charge in [0, 0.05) is 18.7 Å². The molecule has 0 bridgehead atoms. The van der Waals surface area contributed by atoms with Crippen molar-refractivity contribution in [2.24, 2.45) is 0 Å². The highest BCUT2D eigenvalue weighted by molar-refractivity contribution is 5.15. The van der Waals surface area contributed by atoms with Gasteiger partial charge in [-0.3, -0.25) is 0 Å². The van der Waals surface area contributed by atoms with Crippen LogP contribution in [0.3, 0.4) is 0 Å². The second kappa shape index (κ2) is 7.89. The number of rotatable bonds is 6. The van der Waals surface area contributed by atoms with Crippen molar-refractivity contribution in [3.8, 4) is 12.1 Å². The molecule has 2 rings (SSSR count). The summed E-state index contributed by atoms with van der Waals surface area (Å²) in [7, 11) is 0. The molecule has 120 valence electrons. The van der Waals surface area contributed by atoms with Crippen LogP contribution in [-0.4, -0.2) is 24.0 Å². The quantitative estimate of drug-likeness (QED) is 0.817. The van der Waals surface area contributed by atoms with E-state index in [1.54, 1.807) is 6.08 Å². The van der Waals surface area contributed by atoms with Crippen LogP contribution < -0.4 is 5.32 Å². The van der Waals surface area contributed by atoms with Gasteiger partial charge in [0.05, 0.1) is 18.6 Å². The second-order valence-electron chi connectivity index (χ2n) is 5.89. The molecule has 23 heavy (non-hydrogen) atoms. The Bertz CT molecular complexity index is 613. The van der Waals surface area contributed by atoms with Gasteiger partial charge in [0.1, 0.15) is 12.2 Å². The first kappa shape index (κ1) is 17.2. The number of hydrogen-bond donors (Lipinski definition) is 1. The van der Waals surface area contributed by atoms with Gasteiger partial charge >= 0.3 is 0 Å². The van der Waals surface area contributed by atoms with Crippen molar-refractivity contribution in [2.45, 2.75) is 50.8 Å². The van der Waals surface area contributed by atoms with Crippen molar-refractivity contribution < 1.29 is 9.47 Å². The Balaban J connectivity index is 2.10. The Morgan fingerprint density at radius 2 is 2.00 bits per heavy atom. The van der Waals surface area contributed by atoms with Crippen molar-refractivity contribution in [1.82, 2.24) is 5.32 Å². The summed E-state index contributed by atoms with van der Waals surface area (Å²) >= 11 is 0. The van der Waals surface area contributed by atoms with Crippen LogP contribution >= 0.6 is 0 Å². The molecule has 1 aromatic carbocycles. The maximum Gasteiger partial charge on any atom is 0.164 e. The second-order valence-corrected chi connectivity index (χ2v) is 5.89. The van der Waals surface area contributed by atoms with Crippen LogP contribution in [0.15, 0.2) is 42.5 Å². The summed E-state index contributed by atoms with van der Waals surface area (Å²) in [6, 6.07) is 14.0. The minimum absolute atomic E-state index is 0.185. The molecule has 1 aliphatic heterocycles. The summed E-state index contributed by atoms with van der Waals surface area (Å²) < 4.78 is 11.8. The lowest BCUT2D eigenvalue weighted by Gasteiger charge is -2.25. The Labute approximate surface area is 137 Å². The predicted molar refractivity (Wildman–Crippen MR) is 85.9 cm³/mol. The van der Waals surface area contributed by atoms with Gasteiger partial charge < -0.3 is 14.8 Å². The third-order valence-electron chi connectivity index (χ3n) is 3.64. The van der Waals surface area contributed by atoms with E-state index in [0.29, 0.717) is 13.0 Å². The Morgan fingerprint density at radius 1 is 1.26 bits per heavy atom. The molecule has 5 heteroatoms. The molecule has 0 spiro atoms. The molecular weight excluding hydrogens is 290 g/mol. The predicted octanol–water partition coefficient (Wildman–Crippen LogP) is 2.66. The van der Waals surface area contributed by atoms with Gasteiger partial charge in [-0.25, -0.2) is 0 Å². The first-order chi connectivity index (χ1) is 11.1. The average Bonchev–Trinajstić information content (AvgIpc) is 2.85. The average molecular weight is 311 g/mol. The van der Waals surface area contributed by atoms with Gasteiger partial charge in [-0.05, 0) is 25.5 Å². The van der Waals surface area contributed by atoms with Crippen LogP contribution in [0.25, 0.3) is 0 Å². The van der Waals surface area contributed by atoms with Gasteiger partial charge in [-0.2, -0.15) is 10.5 Å². The molecule has 1 aromatic rings. The van der Waals surface area contributed by atoms with Gasteiger partial charge in [-0.1, -0.05) is 30.3 Å². The minimum Gasteiger partial charge on any atom is -0.343 e. The van der Waals surface area contributed by atoms with E-state index < -0.39 is 5.79 Å². The highest BCUT2D eigenvalue weighted by Crippen LogP contribution is 2.31. The van der Waals surface area contributed by atoms with Crippen LogP contribution in [-0.2, 0) is 16.0 Å². The van der Waals surface area contributed by atoms with Crippen molar-refractivity contribution >= 4 is 0 Å². The summed E-state index contributed by atoms with van der Waals surface area (Å²) in [6.07, 6.45) is 2.70. The minimum atomic E-state index is -0.739. The van der Waals surface area contributed by atoms with Crippen LogP contribution in [0, 0.1) is 22.7 Å². The van der Waals surface area contributed by atoms with E-state index in [1.807, 2.05) is 50.2 Å². The standard InChI is InChI=1S/C18H21N3O2/c1-18(2)22-16(9-6-11-19)17(23-18)15(10-12-20)21-13-14-7-4-3-5-8-14/h3-9,15-17,21H,10,13H2,1-2H3/b9-6+/t15-,16+,17+/m1/s1. The summed E-state index contributed by atoms with van der Waals surface area (Å²) in [5.41, 5.74) is 1.14. The zero-order valence-corrected chi connectivity index (χ0v) is 13.4. The smallest absolute Gasteiger partial charge is 0.164 e. The topological polar surface area (TPSA) is 78.1 Å². The molecule has 1 N–H and O–H groups in total. The zero-order valence-electron chi connectivity index (χ0n) is 13.4. The van der Waals surface area contributed by atoms with E-state index in [-0.39, 0.29) is 18.2 Å². The molecule has 0 aromatic heterocycles. The normalized spacial score (nSPS) is 24.2. The van der Waals surface area contributed by atoms with Crippen LogP contribution in [0.5, 0.6) is 0 Å². The number of nitrogens with one attached hydrogen (secondary N) is 1. The summed E-state index contributed by atoms with van der Waals surface area (Å²) in [4.78, 5) is 0. The highest BCUT2D eigenvalue weighted by atomic mass is 16.8. The molecular formula is C18H21N3O2. The number of benzene rings is 1. The number of ether oxygens (including phenoxy) is 2. The van der Waals surface area contributed by atoms with E-state index in [9.17, 15) is 0 Å². The van der Waals surface area contributed by atoms with Gasteiger partial charge in [0.25, 0.3) is 0 Å². The first-order valence-electron chi connectivity index (χ1n) is 7.62. The molecule has 0 unspecified atom stereocenters. The van der Waals surface area contributed by atoms with Crippen molar-refractivity contribution in [1.29, 1.82) is 10.5 Å². The van der Waals surface area contributed by atoms with E-state index in [4.69, 9.17) is 20.0 Å². The van der Waals surface area contributed by atoms with Crippen LogP contribution in [0.4, 0.5) is 0 Å². The summed E-state index contributed by atoms with van der Waals surface area (Å²) in [5.74, 6) is -0.739. The zero-order chi connectivity index (χ0) is 16.7. The number of allylic oxidation sites excluding steroid dienone is 1. The number of hydrogen-bond acceptors (Lipinski definition) is 5. The molecule has 1 saturated heterocycles. The number of nitrogens with zero attached hydrogens (tertiary/aromatic N) is 2. The Hall–Kier alpha value is -2.18. The monoisotopic (exact) mass is 311 g/mol. The van der Waals surface area contributed by atoms with Gasteiger partial charge in [0.15, 0.2) is 5.79 Å². The van der Waals surface area contributed by atoms with E-state index in [2.05, 4.69) is 11.4 Å². The fourth-order valence-electron chi connectivity index (χ4n) is 2.66. The molecule has 0 radical (unpaired) electrons. The Morgan fingerprint density at radius 3 is 2.65 bits per heavy atom. The molecule has 5 nitrogen and oxygen atoms in total.